The summed E-state index contributed by atoms with van der Waals surface area (Å²) in [7, 11) is -4.44. The molecule has 0 amide bonds. The van der Waals surface area contributed by atoms with Crippen LogP contribution in [-0.4, -0.2) is 24.0 Å². The van der Waals surface area contributed by atoms with E-state index in [2.05, 4.69) is 0 Å². The number of aromatic carboxylic acids is 1. The Balaban J connectivity index is 2.40. The van der Waals surface area contributed by atoms with Crippen LogP contribution in [0, 0.1) is 0 Å². The maximum absolute atomic E-state index is 13.0. The smallest absolute Gasteiger partial charge is 0.420 e. The Morgan fingerprint density at radius 3 is 2.08 bits per heavy atom. The highest BCUT2D eigenvalue weighted by atomic mass is 32.2. The second-order valence-corrected chi connectivity index (χ2v) is 5.98. The Morgan fingerprint density at radius 1 is 1.04 bits per heavy atom. The Kier molecular flexibility index (Phi) is 4.54. The molecule has 0 bridgehead atoms. The second kappa shape index (κ2) is 6.13. The van der Waals surface area contributed by atoms with Gasteiger partial charge in [0.1, 0.15) is 11.5 Å². The lowest BCUT2D eigenvalue weighted by atomic mass is 10.1. The van der Waals surface area contributed by atoms with E-state index in [1.54, 1.807) is 0 Å². The van der Waals surface area contributed by atoms with Crippen molar-refractivity contribution in [2.45, 2.75) is 11.1 Å². The summed E-state index contributed by atoms with van der Waals surface area (Å²) in [4.78, 5) is 10.3. The minimum absolute atomic E-state index is 0.129. The van der Waals surface area contributed by atoms with E-state index in [-0.39, 0.29) is 5.75 Å². The third kappa shape index (κ3) is 4.03. The molecule has 0 aliphatic heterocycles. The van der Waals surface area contributed by atoms with Crippen LogP contribution >= 0.6 is 0 Å². The Labute approximate surface area is 133 Å². The number of ether oxygens (including phenoxy) is 1. The molecule has 0 saturated heterocycles. The molecule has 6 nitrogen and oxygen atoms in total. The fraction of sp³-hybridized carbons (Fsp3) is 0.0714. The minimum atomic E-state index is -4.85. The molecule has 2 aromatic carbocycles. The van der Waals surface area contributed by atoms with Gasteiger partial charge in [0.05, 0.1) is 16.0 Å². The van der Waals surface area contributed by atoms with Crippen molar-refractivity contribution >= 4 is 16.1 Å². The maximum atomic E-state index is 13.0. The van der Waals surface area contributed by atoms with Gasteiger partial charge in [-0.1, -0.05) is 0 Å². The van der Waals surface area contributed by atoms with Crippen molar-refractivity contribution in [3.63, 3.8) is 0 Å². The first kappa shape index (κ1) is 17.8. The summed E-state index contributed by atoms with van der Waals surface area (Å²) in [6.07, 6.45) is -4.85. The average molecular weight is 362 g/mol. The van der Waals surface area contributed by atoms with Gasteiger partial charge < -0.3 is 9.84 Å². The topological polar surface area (TPSA) is 101 Å². The maximum Gasteiger partial charge on any atom is 0.420 e. The van der Waals surface area contributed by atoms with Gasteiger partial charge in [0.25, 0.3) is 10.1 Å². The van der Waals surface area contributed by atoms with Crippen LogP contribution < -0.4 is 4.74 Å². The molecule has 24 heavy (non-hydrogen) atoms. The van der Waals surface area contributed by atoms with Crippen molar-refractivity contribution in [1.82, 2.24) is 0 Å². The summed E-state index contributed by atoms with van der Waals surface area (Å²) >= 11 is 0. The largest absolute Gasteiger partial charge is 0.478 e. The fourth-order valence-corrected chi connectivity index (χ4v) is 2.26. The molecule has 0 heterocycles. The van der Waals surface area contributed by atoms with Gasteiger partial charge >= 0.3 is 12.1 Å². The number of hydrogen-bond donors (Lipinski definition) is 2. The normalized spacial score (nSPS) is 12.0. The third-order valence-corrected chi connectivity index (χ3v) is 3.75. The van der Waals surface area contributed by atoms with E-state index in [4.69, 9.17) is 14.4 Å². The van der Waals surface area contributed by atoms with E-state index in [0.29, 0.717) is 6.07 Å². The molecule has 0 aromatic heterocycles. The summed E-state index contributed by atoms with van der Waals surface area (Å²) in [5.41, 5.74) is -1.85. The van der Waals surface area contributed by atoms with Crippen LogP contribution in [-0.2, 0) is 16.3 Å². The molecule has 10 heteroatoms. The molecule has 0 spiro atoms. The van der Waals surface area contributed by atoms with Crippen LogP contribution in [0.4, 0.5) is 13.2 Å². The first-order valence-electron chi connectivity index (χ1n) is 6.18. The molecule has 0 atom stereocenters. The van der Waals surface area contributed by atoms with E-state index in [9.17, 15) is 26.4 Å². The van der Waals surface area contributed by atoms with Crippen molar-refractivity contribution < 1.29 is 40.8 Å². The standard InChI is InChI=1S/C14H9F3O6S/c15-14(16,17)11-7-8(13(18)19)1-6-12(11)23-9-2-4-10(5-3-9)24(20,21)22/h1-7H,(H,18,19)(H,20,21,22). The van der Waals surface area contributed by atoms with Crippen LogP contribution in [0.2, 0.25) is 0 Å². The lowest BCUT2D eigenvalue weighted by Gasteiger charge is -2.14. The van der Waals surface area contributed by atoms with Gasteiger partial charge in [-0.2, -0.15) is 21.6 Å². The third-order valence-electron chi connectivity index (χ3n) is 2.88. The summed E-state index contributed by atoms with van der Waals surface area (Å²) < 4.78 is 74.8. The monoisotopic (exact) mass is 362 g/mol. The van der Waals surface area contributed by atoms with Crippen LogP contribution in [0.15, 0.2) is 47.4 Å². The first-order valence-corrected chi connectivity index (χ1v) is 7.62. The van der Waals surface area contributed by atoms with Gasteiger partial charge in [-0.3, -0.25) is 4.55 Å². The molecule has 0 fully saturated rings. The van der Waals surface area contributed by atoms with Crippen molar-refractivity contribution in [3.05, 3.63) is 53.6 Å². The predicted octanol–water partition coefficient (Wildman–Crippen LogP) is 3.44. The molecule has 0 aliphatic rings. The molecular weight excluding hydrogens is 353 g/mol. The predicted molar refractivity (Wildman–Crippen MR) is 74.7 cm³/mol. The van der Waals surface area contributed by atoms with Gasteiger partial charge in [0.15, 0.2) is 0 Å². The molecule has 0 saturated carbocycles. The molecule has 2 aromatic rings. The minimum Gasteiger partial charge on any atom is -0.478 e. The number of carboxylic acids is 1. The summed E-state index contributed by atoms with van der Waals surface area (Å²) in [6.45, 7) is 0. The lowest BCUT2D eigenvalue weighted by Crippen LogP contribution is -2.09. The molecule has 0 unspecified atom stereocenters. The zero-order valence-corrected chi connectivity index (χ0v) is 12.4. The molecule has 2 N–H and O–H groups in total. The number of rotatable bonds is 4. The Bertz CT molecular complexity index is 872. The highest BCUT2D eigenvalue weighted by Crippen LogP contribution is 2.38. The number of hydrogen-bond acceptors (Lipinski definition) is 4. The summed E-state index contributed by atoms with van der Waals surface area (Å²) in [5.74, 6) is -2.30. The molecule has 128 valence electrons. The van der Waals surface area contributed by atoms with Gasteiger partial charge in [0, 0.05) is 0 Å². The number of halogens is 3. The average Bonchev–Trinajstić information content (AvgIpc) is 2.46. The zero-order valence-electron chi connectivity index (χ0n) is 11.6. The highest BCUT2D eigenvalue weighted by molar-refractivity contribution is 7.85. The Morgan fingerprint density at radius 2 is 1.62 bits per heavy atom. The number of alkyl halides is 3. The SMILES string of the molecule is O=C(O)c1ccc(Oc2ccc(S(=O)(=O)O)cc2)c(C(F)(F)F)c1. The van der Waals surface area contributed by atoms with Gasteiger partial charge in [0.2, 0.25) is 0 Å². The zero-order chi connectivity index (χ0) is 18.1. The second-order valence-electron chi connectivity index (χ2n) is 4.56. The van der Waals surface area contributed by atoms with Crippen molar-refractivity contribution in [2.75, 3.05) is 0 Å². The quantitative estimate of drug-likeness (QED) is 0.808. The lowest BCUT2D eigenvalue weighted by molar-refractivity contribution is -0.138. The van der Waals surface area contributed by atoms with Crippen LogP contribution in [0.3, 0.4) is 0 Å². The fourth-order valence-electron chi connectivity index (χ4n) is 1.78. The molecule has 2 rings (SSSR count). The van der Waals surface area contributed by atoms with E-state index < -0.39 is 44.0 Å². The van der Waals surface area contributed by atoms with Crippen LogP contribution in [0.5, 0.6) is 11.5 Å². The number of carboxylic acid groups (broad SMARTS) is 1. The van der Waals surface area contributed by atoms with E-state index in [1.165, 1.54) is 0 Å². The van der Waals surface area contributed by atoms with Crippen molar-refractivity contribution in [2.24, 2.45) is 0 Å². The van der Waals surface area contributed by atoms with Gasteiger partial charge in [-0.15, -0.1) is 0 Å². The van der Waals surface area contributed by atoms with E-state index in [1.807, 2.05) is 0 Å². The molecular formula is C14H9F3O6S. The highest BCUT2D eigenvalue weighted by Gasteiger charge is 2.35. The first-order chi connectivity index (χ1) is 11.0. The van der Waals surface area contributed by atoms with E-state index >= 15 is 0 Å². The van der Waals surface area contributed by atoms with E-state index in [0.717, 1.165) is 36.4 Å². The molecule has 0 aliphatic carbocycles. The number of carbonyl (C=O) groups is 1. The van der Waals surface area contributed by atoms with Crippen LogP contribution in [0.1, 0.15) is 15.9 Å². The van der Waals surface area contributed by atoms with Crippen molar-refractivity contribution in [3.8, 4) is 11.5 Å². The summed E-state index contributed by atoms with van der Waals surface area (Å²) in [5, 5.41) is 8.77. The van der Waals surface area contributed by atoms with Gasteiger partial charge in [-0.25, -0.2) is 4.79 Å². The van der Waals surface area contributed by atoms with Crippen LogP contribution in [0.25, 0.3) is 0 Å². The van der Waals surface area contributed by atoms with Gasteiger partial charge in [-0.05, 0) is 42.5 Å². The Hall–Kier alpha value is -2.59. The molecule has 0 radical (unpaired) electrons. The summed E-state index contributed by atoms with van der Waals surface area (Å²) in [6, 6.07) is 6.22. The van der Waals surface area contributed by atoms with Crippen molar-refractivity contribution in [1.29, 1.82) is 0 Å². The number of benzene rings is 2.